The second-order valence-corrected chi connectivity index (χ2v) is 13.2. The highest BCUT2D eigenvalue weighted by Gasteiger charge is 2.40. The number of methoxy groups -OCH3 is 1. The third-order valence-corrected chi connectivity index (χ3v) is 9.20. The molecule has 2 N–H and O–H groups in total. The highest BCUT2D eigenvalue weighted by Crippen LogP contribution is 2.35. The van der Waals surface area contributed by atoms with Gasteiger partial charge in [-0.1, -0.05) is 41.4 Å². The monoisotopic (exact) mass is 697 g/mol. The normalized spacial score (nSPS) is 17.4. The maximum atomic E-state index is 14.1. The summed E-state index contributed by atoms with van der Waals surface area (Å²) in [4.78, 5) is 29.7. The SMILES string of the molecule is COCCCOc1ccccc1CN(C(=O)C1CNCCC1NC(=O)c1ccc(OCCOc2c(Cl)cc(C)cc2Cl)cc1C)C1CC1. The summed E-state index contributed by atoms with van der Waals surface area (Å²) in [6, 6.07) is 16.7. The molecular weight excluding hydrogens is 653 g/mol. The van der Waals surface area contributed by atoms with Crippen LogP contribution in [0, 0.1) is 19.8 Å². The van der Waals surface area contributed by atoms with Crippen molar-refractivity contribution in [3.05, 3.63) is 86.9 Å². The molecule has 0 aromatic heterocycles. The third kappa shape index (κ3) is 9.56. The first-order chi connectivity index (χ1) is 23.2. The Morgan fingerprint density at radius 3 is 2.40 bits per heavy atom. The van der Waals surface area contributed by atoms with Gasteiger partial charge in [0, 0.05) is 56.4 Å². The second-order valence-electron chi connectivity index (χ2n) is 12.4. The van der Waals surface area contributed by atoms with E-state index in [1.807, 2.05) is 49.1 Å². The molecule has 2 atom stereocenters. The molecule has 2 unspecified atom stereocenters. The Labute approximate surface area is 293 Å². The van der Waals surface area contributed by atoms with Gasteiger partial charge in [-0.3, -0.25) is 9.59 Å². The zero-order valence-corrected chi connectivity index (χ0v) is 29.4. The molecule has 0 spiro atoms. The minimum Gasteiger partial charge on any atom is -0.493 e. The first-order valence-electron chi connectivity index (χ1n) is 16.6. The van der Waals surface area contributed by atoms with Gasteiger partial charge in [0.15, 0.2) is 5.75 Å². The minimum atomic E-state index is -0.378. The van der Waals surface area contributed by atoms with E-state index in [-0.39, 0.29) is 43.0 Å². The summed E-state index contributed by atoms with van der Waals surface area (Å²) >= 11 is 12.5. The summed E-state index contributed by atoms with van der Waals surface area (Å²) in [5, 5.41) is 7.47. The van der Waals surface area contributed by atoms with Crippen LogP contribution in [0.25, 0.3) is 0 Å². The van der Waals surface area contributed by atoms with Gasteiger partial charge in [-0.05, 0) is 87.2 Å². The van der Waals surface area contributed by atoms with Crippen molar-refractivity contribution in [2.24, 2.45) is 5.92 Å². The molecule has 2 aliphatic rings. The van der Waals surface area contributed by atoms with Crippen LogP contribution in [0.2, 0.25) is 10.0 Å². The van der Waals surface area contributed by atoms with Crippen molar-refractivity contribution < 1.29 is 28.5 Å². The van der Waals surface area contributed by atoms with Crippen molar-refractivity contribution in [2.75, 3.05) is 46.6 Å². The molecule has 5 rings (SSSR count). The van der Waals surface area contributed by atoms with E-state index in [2.05, 4.69) is 10.6 Å². The first kappa shape index (κ1) is 35.8. The van der Waals surface area contributed by atoms with Gasteiger partial charge in [0.1, 0.15) is 24.7 Å². The molecule has 2 amide bonds. The summed E-state index contributed by atoms with van der Waals surface area (Å²) in [5.74, 6) is 1.30. The average molecular weight is 699 g/mol. The predicted octanol–water partition coefficient (Wildman–Crippen LogP) is 6.38. The fraction of sp³-hybridized carbons (Fsp3) is 0.459. The molecule has 11 heteroatoms. The summed E-state index contributed by atoms with van der Waals surface area (Å²) in [5.41, 5.74) is 3.24. The van der Waals surface area contributed by atoms with Crippen molar-refractivity contribution in [3.8, 4) is 17.2 Å². The van der Waals surface area contributed by atoms with Gasteiger partial charge in [-0.2, -0.15) is 0 Å². The summed E-state index contributed by atoms with van der Waals surface area (Å²) < 4.78 is 22.8. The molecule has 1 saturated heterocycles. The predicted molar refractivity (Wildman–Crippen MR) is 188 cm³/mol. The Hall–Kier alpha value is -3.50. The summed E-state index contributed by atoms with van der Waals surface area (Å²) in [6.07, 6.45) is 3.41. The van der Waals surface area contributed by atoms with Gasteiger partial charge >= 0.3 is 0 Å². The van der Waals surface area contributed by atoms with Gasteiger partial charge in [0.05, 0.1) is 22.6 Å². The number of nitrogens with one attached hydrogen (secondary N) is 2. The van der Waals surface area contributed by atoms with E-state index in [9.17, 15) is 9.59 Å². The van der Waals surface area contributed by atoms with Gasteiger partial charge in [0.25, 0.3) is 5.91 Å². The van der Waals surface area contributed by atoms with Crippen LogP contribution in [-0.4, -0.2) is 75.4 Å². The van der Waals surface area contributed by atoms with Crippen molar-refractivity contribution in [2.45, 2.75) is 58.2 Å². The van der Waals surface area contributed by atoms with Gasteiger partial charge in [0.2, 0.25) is 5.91 Å². The lowest BCUT2D eigenvalue weighted by Crippen LogP contribution is -2.55. The smallest absolute Gasteiger partial charge is 0.251 e. The second kappa shape index (κ2) is 17.2. The molecule has 1 saturated carbocycles. The molecule has 2 fully saturated rings. The van der Waals surface area contributed by atoms with Crippen LogP contribution in [0.15, 0.2) is 54.6 Å². The number of ether oxygens (including phenoxy) is 4. The molecule has 1 aliphatic carbocycles. The average Bonchev–Trinajstić information content (AvgIpc) is 3.91. The van der Waals surface area contributed by atoms with Gasteiger partial charge in [-0.25, -0.2) is 0 Å². The molecular formula is C37H45Cl2N3O6. The summed E-state index contributed by atoms with van der Waals surface area (Å²) in [7, 11) is 1.68. The van der Waals surface area contributed by atoms with E-state index in [1.54, 1.807) is 31.4 Å². The van der Waals surface area contributed by atoms with Gasteiger partial charge in [-0.15, -0.1) is 0 Å². The molecule has 48 heavy (non-hydrogen) atoms. The lowest BCUT2D eigenvalue weighted by molar-refractivity contribution is -0.138. The maximum Gasteiger partial charge on any atom is 0.251 e. The number of carbonyl (C=O) groups is 2. The van der Waals surface area contributed by atoms with E-state index in [4.69, 9.17) is 42.1 Å². The van der Waals surface area contributed by atoms with Crippen LogP contribution in [0.3, 0.4) is 0 Å². The number of piperidine rings is 1. The number of nitrogens with zero attached hydrogens (tertiary/aromatic N) is 1. The number of halogens is 2. The number of amides is 2. The quantitative estimate of drug-likeness (QED) is 0.168. The van der Waals surface area contributed by atoms with Crippen LogP contribution in [0.1, 0.15) is 52.7 Å². The number of para-hydroxylation sites is 1. The number of aryl methyl sites for hydroxylation is 2. The van der Waals surface area contributed by atoms with Crippen LogP contribution >= 0.6 is 23.2 Å². The molecule has 9 nitrogen and oxygen atoms in total. The van der Waals surface area contributed by atoms with Gasteiger partial charge < -0.3 is 34.5 Å². The molecule has 0 radical (unpaired) electrons. The number of hydrogen-bond donors (Lipinski definition) is 2. The van der Waals surface area contributed by atoms with E-state index >= 15 is 0 Å². The molecule has 1 heterocycles. The maximum absolute atomic E-state index is 14.1. The van der Waals surface area contributed by atoms with E-state index < -0.39 is 0 Å². The van der Waals surface area contributed by atoms with E-state index in [0.29, 0.717) is 59.8 Å². The highest BCUT2D eigenvalue weighted by molar-refractivity contribution is 6.37. The van der Waals surface area contributed by atoms with Crippen LogP contribution in [0.4, 0.5) is 0 Å². The Morgan fingerprint density at radius 1 is 0.917 bits per heavy atom. The van der Waals surface area contributed by atoms with Crippen LogP contribution in [-0.2, 0) is 16.1 Å². The highest BCUT2D eigenvalue weighted by atomic mass is 35.5. The fourth-order valence-electron chi connectivity index (χ4n) is 5.98. The number of hydrogen-bond acceptors (Lipinski definition) is 7. The molecule has 1 aliphatic heterocycles. The third-order valence-electron chi connectivity index (χ3n) is 8.63. The van der Waals surface area contributed by atoms with Crippen LogP contribution < -0.4 is 24.8 Å². The number of benzene rings is 3. The Kier molecular flexibility index (Phi) is 12.9. The van der Waals surface area contributed by atoms with Crippen molar-refractivity contribution in [1.29, 1.82) is 0 Å². The van der Waals surface area contributed by atoms with E-state index in [1.165, 1.54) is 0 Å². The lowest BCUT2D eigenvalue weighted by Gasteiger charge is -2.36. The topological polar surface area (TPSA) is 98.4 Å². The first-order valence-corrected chi connectivity index (χ1v) is 17.3. The standard InChI is InChI=1S/C37H45Cl2N3O6/c1-24-19-31(38)35(32(39)20-24)48-18-17-46-28-11-12-29(25(2)21-28)36(43)41-33-13-14-40-22-30(33)37(44)42(27-9-10-27)23-26-7-4-5-8-34(26)47-16-6-15-45-3/h4-5,7-8,11-12,19-21,27,30,33,40H,6,9-10,13-18,22-23H2,1-3H3,(H,41,43). The van der Waals surface area contributed by atoms with Crippen LogP contribution in [0.5, 0.6) is 17.2 Å². The van der Waals surface area contributed by atoms with Crippen molar-refractivity contribution >= 4 is 35.0 Å². The molecule has 258 valence electrons. The zero-order chi connectivity index (χ0) is 34.0. The minimum absolute atomic E-state index is 0.0556. The van der Waals surface area contributed by atoms with Crippen molar-refractivity contribution in [3.63, 3.8) is 0 Å². The Morgan fingerprint density at radius 2 is 1.67 bits per heavy atom. The zero-order valence-electron chi connectivity index (χ0n) is 27.9. The summed E-state index contributed by atoms with van der Waals surface area (Å²) in [6.45, 7) is 7.18. The van der Waals surface area contributed by atoms with E-state index in [0.717, 1.165) is 48.2 Å². The molecule has 3 aromatic carbocycles. The largest absolute Gasteiger partial charge is 0.493 e. The Balaban J connectivity index is 1.18. The molecule has 0 bridgehead atoms. The fourth-order valence-corrected chi connectivity index (χ4v) is 6.68. The van der Waals surface area contributed by atoms with Crippen molar-refractivity contribution in [1.82, 2.24) is 15.5 Å². The Bertz CT molecular complexity index is 1540. The number of rotatable bonds is 16. The molecule has 3 aromatic rings. The number of carbonyl (C=O) groups excluding carboxylic acids is 2. The lowest BCUT2D eigenvalue weighted by atomic mass is 9.91.